The minimum Gasteiger partial charge on any atom is -0.382 e. The van der Waals surface area contributed by atoms with Gasteiger partial charge in [-0.15, -0.1) is 11.3 Å². The number of likely N-dealkylation sites (tertiary alicyclic amines) is 1. The van der Waals surface area contributed by atoms with Crippen LogP contribution in [0.15, 0.2) is 11.4 Å². The van der Waals surface area contributed by atoms with Crippen molar-refractivity contribution >= 4 is 17.2 Å². The zero-order valence-electron chi connectivity index (χ0n) is 12.8. The summed E-state index contributed by atoms with van der Waals surface area (Å²) in [6, 6.07) is 2.02. The van der Waals surface area contributed by atoms with E-state index in [1.807, 2.05) is 23.3 Å². The molecule has 2 fully saturated rings. The standard InChI is InChI=1S/C16H23NO3S/c1-12-3-8-21-14(12)15(18)17-6-4-16(5-7-17)9-13(10-19-2)20-11-16/h3,8,13H,4-7,9-11H2,1-2H3/t13-/m0/s1. The van der Waals surface area contributed by atoms with Gasteiger partial charge in [0, 0.05) is 20.2 Å². The maximum Gasteiger partial charge on any atom is 0.264 e. The number of hydrogen-bond donors (Lipinski definition) is 0. The molecule has 0 bridgehead atoms. The summed E-state index contributed by atoms with van der Waals surface area (Å²) in [5.74, 6) is 0.199. The molecule has 3 rings (SSSR count). The van der Waals surface area contributed by atoms with Gasteiger partial charge < -0.3 is 14.4 Å². The van der Waals surface area contributed by atoms with E-state index in [1.165, 1.54) is 0 Å². The van der Waals surface area contributed by atoms with Crippen LogP contribution in [0.25, 0.3) is 0 Å². The molecule has 0 N–H and O–H groups in total. The Morgan fingerprint density at radius 3 is 2.90 bits per heavy atom. The maximum absolute atomic E-state index is 12.5. The van der Waals surface area contributed by atoms with Crippen LogP contribution in [0.3, 0.4) is 0 Å². The van der Waals surface area contributed by atoms with Crippen molar-refractivity contribution in [3.05, 3.63) is 21.9 Å². The van der Waals surface area contributed by atoms with Crippen LogP contribution >= 0.6 is 11.3 Å². The molecule has 0 aliphatic carbocycles. The second-order valence-electron chi connectivity index (χ2n) is 6.32. The summed E-state index contributed by atoms with van der Waals surface area (Å²) in [5.41, 5.74) is 1.36. The van der Waals surface area contributed by atoms with Crippen LogP contribution in [0.1, 0.15) is 34.5 Å². The first kappa shape index (κ1) is 15.0. The largest absolute Gasteiger partial charge is 0.382 e. The summed E-state index contributed by atoms with van der Waals surface area (Å²) in [6.45, 7) is 5.20. The van der Waals surface area contributed by atoms with E-state index in [1.54, 1.807) is 18.4 Å². The summed E-state index contributed by atoms with van der Waals surface area (Å²) in [6.07, 6.45) is 3.39. The fraction of sp³-hybridized carbons (Fsp3) is 0.688. The molecule has 0 aromatic carbocycles. The van der Waals surface area contributed by atoms with E-state index in [9.17, 15) is 4.79 Å². The van der Waals surface area contributed by atoms with Crippen molar-refractivity contribution in [1.29, 1.82) is 0 Å². The van der Waals surface area contributed by atoms with Crippen molar-refractivity contribution in [2.45, 2.75) is 32.3 Å². The van der Waals surface area contributed by atoms with E-state index in [4.69, 9.17) is 9.47 Å². The molecule has 2 saturated heterocycles. The first-order valence-electron chi connectivity index (χ1n) is 7.57. The highest BCUT2D eigenvalue weighted by atomic mass is 32.1. The normalized spacial score (nSPS) is 24.7. The van der Waals surface area contributed by atoms with Crippen LogP contribution in [0.4, 0.5) is 0 Å². The number of aryl methyl sites for hydroxylation is 1. The quantitative estimate of drug-likeness (QED) is 0.862. The van der Waals surface area contributed by atoms with E-state index in [-0.39, 0.29) is 17.4 Å². The molecule has 0 radical (unpaired) electrons. The average Bonchev–Trinajstić information content (AvgIpc) is 3.07. The number of nitrogens with zero attached hydrogens (tertiary/aromatic N) is 1. The minimum atomic E-state index is 0.199. The molecule has 21 heavy (non-hydrogen) atoms. The smallest absolute Gasteiger partial charge is 0.264 e. The number of amides is 1. The Morgan fingerprint density at radius 1 is 1.52 bits per heavy atom. The van der Waals surface area contributed by atoms with Gasteiger partial charge in [-0.25, -0.2) is 0 Å². The third-order valence-electron chi connectivity index (χ3n) is 4.81. The Morgan fingerprint density at radius 2 is 2.29 bits per heavy atom. The van der Waals surface area contributed by atoms with E-state index in [0.29, 0.717) is 6.61 Å². The number of thiophene rings is 1. The summed E-state index contributed by atoms with van der Waals surface area (Å²) in [5, 5.41) is 1.99. The fourth-order valence-corrected chi connectivity index (χ4v) is 4.35. The van der Waals surface area contributed by atoms with E-state index >= 15 is 0 Å². The summed E-state index contributed by atoms with van der Waals surface area (Å²) >= 11 is 1.55. The monoisotopic (exact) mass is 309 g/mol. The summed E-state index contributed by atoms with van der Waals surface area (Å²) in [4.78, 5) is 15.4. The van der Waals surface area contributed by atoms with Gasteiger partial charge in [0.2, 0.25) is 0 Å². The molecule has 0 saturated carbocycles. The molecule has 1 spiro atoms. The van der Waals surface area contributed by atoms with Gasteiger partial charge in [0.15, 0.2) is 0 Å². The second-order valence-corrected chi connectivity index (χ2v) is 7.23. The van der Waals surface area contributed by atoms with Gasteiger partial charge in [0.25, 0.3) is 5.91 Å². The van der Waals surface area contributed by atoms with Crippen LogP contribution in [0.5, 0.6) is 0 Å². The lowest BCUT2D eigenvalue weighted by Gasteiger charge is -2.38. The van der Waals surface area contributed by atoms with Gasteiger partial charge in [-0.1, -0.05) is 0 Å². The molecule has 116 valence electrons. The first-order chi connectivity index (χ1) is 10.1. The first-order valence-corrected chi connectivity index (χ1v) is 8.45. The van der Waals surface area contributed by atoms with Crippen molar-refractivity contribution < 1.29 is 14.3 Å². The molecule has 4 nitrogen and oxygen atoms in total. The molecular formula is C16H23NO3S. The van der Waals surface area contributed by atoms with Crippen LogP contribution < -0.4 is 0 Å². The van der Waals surface area contributed by atoms with Crippen molar-refractivity contribution in [3.8, 4) is 0 Å². The zero-order chi connectivity index (χ0) is 14.9. The predicted octanol–water partition coefficient (Wildman–Crippen LogP) is 2.71. The van der Waals surface area contributed by atoms with E-state index in [0.717, 1.165) is 49.4 Å². The van der Waals surface area contributed by atoms with Crippen LogP contribution in [-0.2, 0) is 9.47 Å². The highest BCUT2D eigenvalue weighted by molar-refractivity contribution is 7.12. The number of rotatable bonds is 3. The minimum absolute atomic E-state index is 0.199. The molecule has 1 aromatic heterocycles. The van der Waals surface area contributed by atoms with E-state index in [2.05, 4.69) is 0 Å². The Hall–Kier alpha value is -0.910. The Balaban J connectivity index is 1.58. The lowest BCUT2D eigenvalue weighted by atomic mass is 9.76. The molecular weight excluding hydrogens is 286 g/mol. The number of methoxy groups -OCH3 is 1. The van der Waals surface area contributed by atoms with Crippen LogP contribution in [0, 0.1) is 12.3 Å². The molecule has 2 aliphatic rings. The van der Waals surface area contributed by atoms with Gasteiger partial charge >= 0.3 is 0 Å². The topological polar surface area (TPSA) is 38.8 Å². The molecule has 0 unspecified atom stereocenters. The molecule has 1 aromatic rings. The van der Waals surface area contributed by atoms with Crippen molar-refractivity contribution in [2.24, 2.45) is 5.41 Å². The summed E-state index contributed by atoms with van der Waals surface area (Å²) < 4.78 is 11.0. The van der Waals surface area contributed by atoms with Gasteiger partial charge in [0.1, 0.15) is 0 Å². The van der Waals surface area contributed by atoms with Gasteiger partial charge in [-0.05, 0) is 48.6 Å². The van der Waals surface area contributed by atoms with Crippen LogP contribution in [0.2, 0.25) is 0 Å². The third kappa shape index (κ3) is 3.00. The number of piperidine rings is 1. The summed E-state index contributed by atoms with van der Waals surface area (Å²) in [7, 11) is 1.72. The Kier molecular flexibility index (Phi) is 4.33. The third-order valence-corrected chi connectivity index (χ3v) is 5.81. The number of hydrogen-bond acceptors (Lipinski definition) is 4. The van der Waals surface area contributed by atoms with Gasteiger partial charge in [-0.2, -0.15) is 0 Å². The van der Waals surface area contributed by atoms with Crippen molar-refractivity contribution in [3.63, 3.8) is 0 Å². The number of ether oxygens (including phenoxy) is 2. The molecule has 1 atom stereocenters. The molecule has 3 heterocycles. The van der Waals surface area contributed by atoms with Gasteiger partial charge in [-0.3, -0.25) is 4.79 Å². The molecule has 1 amide bonds. The second kappa shape index (κ2) is 6.07. The Labute approximate surface area is 130 Å². The van der Waals surface area contributed by atoms with Crippen molar-refractivity contribution in [1.82, 2.24) is 4.90 Å². The van der Waals surface area contributed by atoms with Crippen LogP contribution in [-0.4, -0.2) is 50.3 Å². The highest BCUT2D eigenvalue weighted by Gasteiger charge is 2.43. The lowest BCUT2D eigenvalue weighted by Crippen LogP contribution is -2.43. The highest BCUT2D eigenvalue weighted by Crippen LogP contribution is 2.42. The number of carbonyl (C=O) groups is 1. The molecule has 2 aliphatic heterocycles. The lowest BCUT2D eigenvalue weighted by molar-refractivity contribution is 0.0281. The zero-order valence-corrected chi connectivity index (χ0v) is 13.6. The fourth-order valence-electron chi connectivity index (χ4n) is 3.46. The average molecular weight is 309 g/mol. The van der Waals surface area contributed by atoms with Gasteiger partial charge in [0.05, 0.1) is 24.2 Å². The SMILES string of the molecule is COC[C@@H]1CC2(CCN(C(=O)c3sccc3C)CC2)CO1. The molecule has 5 heteroatoms. The van der Waals surface area contributed by atoms with Crippen molar-refractivity contribution in [2.75, 3.05) is 33.4 Å². The predicted molar refractivity (Wildman–Crippen MR) is 82.9 cm³/mol. The Bertz CT molecular complexity index is 505. The van der Waals surface area contributed by atoms with E-state index < -0.39 is 0 Å². The maximum atomic E-state index is 12.5. The number of carbonyl (C=O) groups excluding carboxylic acids is 1.